The van der Waals surface area contributed by atoms with Gasteiger partial charge in [0.2, 0.25) is 0 Å². The third-order valence-electron chi connectivity index (χ3n) is 2.90. The van der Waals surface area contributed by atoms with Gasteiger partial charge in [0.25, 0.3) is 0 Å². The molecule has 6 heteroatoms. The zero-order chi connectivity index (χ0) is 13.7. The second-order valence-electron chi connectivity index (χ2n) is 4.27. The maximum atomic E-state index is 10.9. The molecule has 3 N–H and O–H groups in total. The van der Waals surface area contributed by atoms with Crippen LogP contribution >= 0.6 is 0 Å². The second kappa shape index (κ2) is 6.29. The lowest BCUT2D eigenvalue weighted by Gasteiger charge is -2.14. The number of anilines is 1. The number of fused-ring (bicyclic) bond motifs is 1. The van der Waals surface area contributed by atoms with Crippen LogP contribution in [0.15, 0.2) is 18.2 Å². The molecule has 1 aromatic rings. The monoisotopic (exact) mass is 266 g/mol. The molecule has 2 rings (SSSR count). The van der Waals surface area contributed by atoms with E-state index in [2.05, 4.69) is 10.6 Å². The van der Waals surface area contributed by atoms with Crippen LogP contribution in [0, 0.1) is 0 Å². The van der Waals surface area contributed by atoms with E-state index in [1.807, 2.05) is 18.2 Å². The minimum Gasteiger partial charge on any atom is -0.490 e. The van der Waals surface area contributed by atoms with Crippen LogP contribution in [0.5, 0.6) is 11.5 Å². The van der Waals surface area contributed by atoms with Crippen LogP contribution in [-0.2, 0) is 4.79 Å². The third-order valence-corrected chi connectivity index (χ3v) is 2.90. The Morgan fingerprint density at radius 3 is 2.79 bits per heavy atom. The molecule has 1 atom stereocenters. The van der Waals surface area contributed by atoms with E-state index in [1.54, 1.807) is 7.05 Å². The molecular formula is C13H18N2O4. The van der Waals surface area contributed by atoms with Gasteiger partial charge in [0, 0.05) is 24.7 Å². The van der Waals surface area contributed by atoms with Gasteiger partial charge in [-0.25, -0.2) is 0 Å². The first-order chi connectivity index (χ1) is 9.20. The molecule has 1 unspecified atom stereocenters. The van der Waals surface area contributed by atoms with Gasteiger partial charge in [-0.1, -0.05) is 0 Å². The summed E-state index contributed by atoms with van der Waals surface area (Å²) < 4.78 is 11.1. The van der Waals surface area contributed by atoms with E-state index in [-0.39, 0.29) is 0 Å². The largest absolute Gasteiger partial charge is 0.490 e. The Morgan fingerprint density at radius 2 is 2.11 bits per heavy atom. The summed E-state index contributed by atoms with van der Waals surface area (Å²) in [6.45, 7) is 1.58. The minimum atomic E-state index is -0.885. The summed E-state index contributed by atoms with van der Waals surface area (Å²) in [5, 5.41) is 14.7. The first-order valence-electron chi connectivity index (χ1n) is 6.24. The highest BCUT2D eigenvalue weighted by Crippen LogP contribution is 2.32. The van der Waals surface area contributed by atoms with Crippen molar-refractivity contribution in [3.8, 4) is 11.5 Å². The van der Waals surface area contributed by atoms with Gasteiger partial charge in [-0.05, 0) is 19.2 Å². The van der Waals surface area contributed by atoms with Gasteiger partial charge < -0.3 is 25.2 Å². The van der Waals surface area contributed by atoms with Crippen molar-refractivity contribution in [2.75, 3.05) is 32.1 Å². The summed E-state index contributed by atoms with van der Waals surface area (Å²) in [6.07, 6.45) is 0.859. The van der Waals surface area contributed by atoms with Gasteiger partial charge in [0.1, 0.15) is 6.04 Å². The fourth-order valence-electron chi connectivity index (χ4n) is 1.81. The van der Waals surface area contributed by atoms with Crippen molar-refractivity contribution in [1.82, 2.24) is 5.32 Å². The number of carbonyl (C=O) groups is 1. The number of carboxylic acids is 1. The molecule has 0 aliphatic carbocycles. The van der Waals surface area contributed by atoms with E-state index < -0.39 is 12.0 Å². The molecular weight excluding hydrogens is 248 g/mol. The van der Waals surface area contributed by atoms with Crippen molar-refractivity contribution in [1.29, 1.82) is 0 Å². The Labute approximate surface area is 111 Å². The van der Waals surface area contributed by atoms with Crippen molar-refractivity contribution in [3.63, 3.8) is 0 Å². The van der Waals surface area contributed by atoms with Crippen LogP contribution in [-0.4, -0.2) is 43.9 Å². The van der Waals surface area contributed by atoms with Crippen LogP contribution in [0.3, 0.4) is 0 Å². The molecule has 1 aliphatic rings. The summed E-state index contributed by atoms with van der Waals surface area (Å²) in [4.78, 5) is 10.9. The number of ether oxygens (including phenoxy) is 2. The Bertz CT molecular complexity index is 450. The molecule has 104 valence electrons. The van der Waals surface area contributed by atoms with Crippen LogP contribution in [0.2, 0.25) is 0 Å². The van der Waals surface area contributed by atoms with E-state index in [0.29, 0.717) is 25.5 Å². The molecule has 19 heavy (non-hydrogen) atoms. The fourth-order valence-corrected chi connectivity index (χ4v) is 1.81. The molecule has 0 bridgehead atoms. The first-order valence-corrected chi connectivity index (χ1v) is 6.24. The van der Waals surface area contributed by atoms with Crippen molar-refractivity contribution in [2.24, 2.45) is 0 Å². The number of nitrogens with one attached hydrogen (secondary N) is 2. The highest BCUT2D eigenvalue weighted by atomic mass is 16.5. The van der Waals surface area contributed by atoms with E-state index in [0.717, 1.165) is 17.9 Å². The van der Waals surface area contributed by atoms with Gasteiger partial charge in [-0.15, -0.1) is 0 Å². The quantitative estimate of drug-likeness (QED) is 0.736. The molecule has 0 fully saturated rings. The maximum Gasteiger partial charge on any atom is 0.322 e. The van der Waals surface area contributed by atoms with E-state index in [4.69, 9.17) is 14.6 Å². The van der Waals surface area contributed by atoms with Crippen molar-refractivity contribution in [3.05, 3.63) is 18.2 Å². The predicted molar refractivity (Wildman–Crippen MR) is 71.0 cm³/mol. The summed E-state index contributed by atoms with van der Waals surface area (Å²) >= 11 is 0. The molecule has 1 aliphatic heterocycles. The summed E-state index contributed by atoms with van der Waals surface area (Å²) in [6, 6.07) is 4.88. The Kier molecular flexibility index (Phi) is 4.46. The zero-order valence-corrected chi connectivity index (χ0v) is 10.8. The average molecular weight is 266 g/mol. The van der Waals surface area contributed by atoms with Crippen LogP contribution in [0.25, 0.3) is 0 Å². The number of benzene rings is 1. The summed E-state index contributed by atoms with van der Waals surface area (Å²) in [5.74, 6) is 0.537. The molecule has 1 aromatic carbocycles. The lowest BCUT2D eigenvalue weighted by atomic mass is 10.2. The Balaban J connectivity index is 2.01. The van der Waals surface area contributed by atoms with Crippen molar-refractivity contribution in [2.45, 2.75) is 12.5 Å². The molecule has 1 heterocycles. The standard InChI is InChI=1S/C13H18N2O4/c1-14-10(13(16)17)8-15-9-3-4-11-12(7-9)19-6-2-5-18-11/h3-4,7,10,14-15H,2,5-6,8H2,1H3,(H,16,17). The molecule has 0 saturated carbocycles. The second-order valence-corrected chi connectivity index (χ2v) is 4.27. The van der Waals surface area contributed by atoms with Crippen LogP contribution < -0.4 is 20.1 Å². The van der Waals surface area contributed by atoms with Crippen LogP contribution in [0.1, 0.15) is 6.42 Å². The molecule has 0 saturated heterocycles. The number of carboxylic acid groups (broad SMARTS) is 1. The average Bonchev–Trinajstić information content (AvgIpc) is 2.63. The number of hydrogen-bond acceptors (Lipinski definition) is 5. The third kappa shape index (κ3) is 3.51. The van der Waals surface area contributed by atoms with Crippen LogP contribution in [0.4, 0.5) is 5.69 Å². The smallest absolute Gasteiger partial charge is 0.322 e. The number of rotatable bonds is 5. The molecule has 0 radical (unpaired) electrons. The number of aliphatic carboxylic acids is 1. The molecule has 0 aromatic heterocycles. The predicted octanol–water partition coefficient (Wildman–Crippen LogP) is 0.932. The summed E-state index contributed by atoms with van der Waals surface area (Å²) in [5.41, 5.74) is 0.811. The molecule has 6 nitrogen and oxygen atoms in total. The fraction of sp³-hybridized carbons (Fsp3) is 0.462. The van der Waals surface area contributed by atoms with E-state index in [1.165, 1.54) is 0 Å². The van der Waals surface area contributed by atoms with Gasteiger partial charge >= 0.3 is 5.97 Å². The number of hydrogen-bond donors (Lipinski definition) is 3. The van der Waals surface area contributed by atoms with Crippen molar-refractivity contribution >= 4 is 11.7 Å². The lowest BCUT2D eigenvalue weighted by molar-refractivity contribution is -0.138. The highest BCUT2D eigenvalue weighted by molar-refractivity contribution is 5.74. The normalized spacial score (nSPS) is 15.4. The van der Waals surface area contributed by atoms with Gasteiger partial charge in [0.15, 0.2) is 11.5 Å². The highest BCUT2D eigenvalue weighted by Gasteiger charge is 2.15. The molecule has 0 spiro atoms. The van der Waals surface area contributed by atoms with Gasteiger partial charge in [-0.2, -0.15) is 0 Å². The zero-order valence-electron chi connectivity index (χ0n) is 10.8. The number of likely N-dealkylation sites (N-methyl/N-ethyl adjacent to an activating group) is 1. The summed E-state index contributed by atoms with van der Waals surface area (Å²) in [7, 11) is 1.62. The van der Waals surface area contributed by atoms with E-state index >= 15 is 0 Å². The minimum absolute atomic E-state index is 0.297. The van der Waals surface area contributed by atoms with E-state index in [9.17, 15) is 4.79 Å². The first kappa shape index (κ1) is 13.5. The maximum absolute atomic E-state index is 10.9. The SMILES string of the molecule is CNC(CNc1ccc2c(c1)OCCCO2)C(=O)O. The Morgan fingerprint density at radius 1 is 1.37 bits per heavy atom. The van der Waals surface area contributed by atoms with Gasteiger partial charge in [0.05, 0.1) is 13.2 Å². The molecule has 0 amide bonds. The Hall–Kier alpha value is -1.95. The van der Waals surface area contributed by atoms with Gasteiger partial charge in [-0.3, -0.25) is 4.79 Å². The lowest BCUT2D eigenvalue weighted by Crippen LogP contribution is -2.39. The topological polar surface area (TPSA) is 79.8 Å². The van der Waals surface area contributed by atoms with Crippen molar-refractivity contribution < 1.29 is 19.4 Å².